The van der Waals surface area contributed by atoms with Crippen LogP contribution in [0.25, 0.3) is 0 Å². The van der Waals surface area contributed by atoms with Crippen molar-refractivity contribution in [2.75, 3.05) is 5.75 Å². The number of hydrogen-bond acceptors (Lipinski definition) is 5. The molecule has 0 bridgehead atoms. The number of hydrogen-bond donors (Lipinski definition) is 2. The number of esters is 1. The molecule has 0 aromatic heterocycles. The molecule has 0 fully saturated rings. The van der Waals surface area contributed by atoms with Crippen molar-refractivity contribution in [2.45, 2.75) is 38.8 Å². The van der Waals surface area contributed by atoms with E-state index in [0.717, 1.165) is 0 Å². The lowest BCUT2D eigenvalue weighted by Gasteiger charge is -2.21. The molecule has 1 unspecified atom stereocenters. The predicted molar refractivity (Wildman–Crippen MR) is 54.9 cm³/mol. The average molecular weight is 239 g/mol. The molecule has 0 saturated heterocycles. The molecule has 0 aliphatic heterocycles. The molecule has 0 aromatic carbocycles. The summed E-state index contributed by atoms with van der Waals surface area (Å²) in [5, 5.41) is 0. The second kappa shape index (κ2) is 4.91. The predicted octanol–water partition coefficient (Wildman–Crippen LogP) is -0.0667. The zero-order chi connectivity index (χ0) is 12.3. The maximum atomic E-state index is 11.3. The van der Waals surface area contributed by atoms with Crippen LogP contribution in [0.5, 0.6) is 0 Å². The van der Waals surface area contributed by atoms with Gasteiger partial charge in [0.1, 0.15) is 11.6 Å². The molecule has 0 radical (unpaired) electrons. The van der Waals surface area contributed by atoms with Gasteiger partial charge in [-0.3, -0.25) is 9.35 Å². The van der Waals surface area contributed by atoms with Crippen molar-refractivity contribution < 1.29 is 22.5 Å². The molecule has 0 aromatic rings. The zero-order valence-corrected chi connectivity index (χ0v) is 9.87. The van der Waals surface area contributed by atoms with Crippen molar-refractivity contribution in [3.8, 4) is 0 Å². The second-order valence-corrected chi connectivity index (χ2v) is 5.79. The van der Waals surface area contributed by atoms with Crippen molar-refractivity contribution in [2.24, 2.45) is 5.73 Å². The van der Waals surface area contributed by atoms with Gasteiger partial charge in [-0.2, -0.15) is 8.42 Å². The molecule has 0 aliphatic rings. The van der Waals surface area contributed by atoms with Crippen molar-refractivity contribution >= 4 is 16.1 Å². The standard InChI is InChI=1S/C8H17NO5S/c1-8(2,3)14-7(10)6(9)4-5-15(11,12)13/h6H,4-5,9H2,1-3H3,(H,11,12,13). The molecule has 0 amide bonds. The molecule has 15 heavy (non-hydrogen) atoms. The van der Waals surface area contributed by atoms with Gasteiger partial charge < -0.3 is 10.5 Å². The van der Waals surface area contributed by atoms with Crippen LogP contribution in [-0.4, -0.2) is 36.3 Å². The van der Waals surface area contributed by atoms with Gasteiger partial charge in [0.2, 0.25) is 0 Å². The van der Waals surface area contributed by atoms with Crippen LogP contribution in [0.3, 0.4) is 0 Å². The molecule has 1 atom stereocenters. The van der Waals surface area contributed by atoms with Crippen LogP contribution < -0.4 is 5.73 Å². The van der Waals surface area contributed by atoms with Crippen LogP contribution in [0, 0.1) is 0 Å². The fraction of sp³-hybridized carbons (Fsp3) is 0.875. The summed E-state index contributed by atoms with van der Waals surface area (Å²) in [4.78, 5) is 11.3. The summed E-state index contributed by atoms with van der Waals surface area (Å²) in [5.41, 5.74) is 4.72. The van der Waals surface area contributed by atoms with E-state index in [-0.39, 0.29) is 6.42 Å². The lowest BCUT2D eigenvalue weighted by Crippen LogP contribution is -2.38. The largest absolute Gasteiger partial charge is 0.459 e. The average Bonchev–Trinajstić information content (AvgIpc) is 1.95. The molecule has 0 heterocycles. The van der Waals surface area contributed by atoms with Crippen LogP contribution in [0.1, 0.15) is 27.2 Å². The number of carbonyl (C=O) groups is 1. The zero-order valence-electron chi connectivity index (χ0n) is 9.06. The summed E-state index contributed by atoms with van der Waals surface area (Å²) in [5.74, 6) is -1.22. The molecular formula is C8H17NO5S. The normalized spacial score (nSPS) is 14.7. The molecule has 90 valence electrons. The smallest absolute Gasteiger partial charge is 0.323 e. The quantitative estimate of drug-likeness (QED) is 0.525. The van der Waals surface area contributed by atoms with E-state index in [2.05, 4.69) is 0 Å². The first kappa shape index (κ1) is 14.3. The first-order valence-electron chi connectivity index (χ1n) is 4.45. The number of rotatable bonds is 4. The van der Waals surface area contributed by atoms with E-state index in [9.17, 15) is 13.2 Å². The van der Waals surface area contributed by atoms with Crippen molar-refractivity contribution in [1.29, 1.82) is 0 Å². The SMILES string of the molecule is CC(C)(C)OC(=O)C(N)CCS(=O)(=O)O. The summed E-state index contributed by atoms with van der Waals surface area (Å²) in [6.07, 6.45) is -0.159. The number of carbonyl (C=O) groups excluding carboxylic acids is 1. The first-order chi connectivity index (χ1) is 6.51. The maximum absolute atomic E-state index is 11.3. The Labute approximate surface area is 89.5 Å². The highest BCUT2D eigenvalue weighted by Crippen LogP contribution is 2.09. The van der Waals surface area contributed by atoms with Crippen LogP contribution in [-0.2, 0) is 19.6 Å². The minimum absolute atomic E-state index is 0.159. The van der Waals surface area contributed by atoms with Gasteiger partial charge in [-0.1, -0.05) is 0 Å². The van der Waals surface area contributed by atoms with Gasteiger partial charge in [0.25, 0.3) is 10.1 Å². The Hall–Kier alpha value is -0.660. The maximum Gasteiger partial charge on any atom is 0.323 e. The van der Waals surface area contributed by atoms with Crippen molar-refractivity contribution in [1.82, 2.24) is 0 Å². The number of nitrogens with two attached hydrogens (primary N) is 1. The van der Waals surface area contributed by atoms with Gasteiger partial charge in [-0.05, 0) is 27.2 Å². The fourth-order valence-electron chi connectivity index (χ4n) is 0.771. The summed E-state index contributed by atoms with van der Waals surface area (Å²) < 4.78 is 34.2. The van der Waals surface area contributed by atoms with Crippen molar-refractivity contribution in [3.05, 3.63) is 0 Å². The van der Waals surface area contributed by atoms with Gasteiger partial charge in [0.05, 0.1) is 5.75 Å². The monoisotopic (exact) mass is 239 g/mol. The topological polar surface area (TPSA) is 107 Å². The van der Waals surface area contributed by atoms with Crippen LogP contribution in [0.15, 0.2) is 0 Å². The molecule has 7 heteroatoms. The molecular weight excluding hydrogens is 222 g/mol. The Kier molecular flexibility index (Phi) is 4.69. The highest BCUT2D eigenvalue weighted by molar-refractivity contribution is 7.85. The highest BCUT2D eigenvalue weighted by atomic mass is 32.2. The molecule has 0 aliphatic carbocycles. The number of ether oxygens (including phenoxy) is 1. The van der Waals surface area contributed by atoms with Crippen LogP contribution in [0.4, 0.5) is 0 Å². The first-order valence-corrected chi connectivity index (χ1v) is 6.06. The van der Waals surface area contributed by atoms with E-state index in [1.807, 2.05) is 0 Å². The van der Waals surface area contributed by atoms with Gasteiger partial charge in [0.15, 0.2) is 0 Å². The van der Waals surface area contributed by atoms with E-state index in [4.69, 9.17) is 15.0 Å². The van der Waals surface area contributed by atoms with Crippen molar-refractivity contribution in [3.63, 3.8) is 0 Å². The summed E-state index contributed by atoms with van der Waals surface area (Å²) in [7, 11) is -4.08. The van der Waals surface area contributed by atoms with E-state index < -0.39 is 33.5 Å². The Bertz CT molecular complexity index is 316. The second-order valence-electron chi connectivity index (χ2n) is 4.21. The molecule has 3 N–H and O–H groups in total. The molecule has 0 rings (SSSR count). The molecule has 6 nitrogen and oxygen atoms in total. The third kappa shape index (κ3) is 8.34. The highest BCUT2D eigenvalue weighted by Gasteiger charge is 2.23. The minimum atomic E-state index is -4.08. The van der Waals surface area contributed by atoms with E-state index >= 15 is 0 Å². The van der Waals surface area contributed by atoms with Crippen LogP contribution in [0.2, 0.25) is 0 Å². The Morgan fingerprint density at radius 3 is 2.27 bits per heavy atom. The fourth-order valence-corrected chi connectivity index (χ4v) is 1.32. The lowest BCUT2D eigenvalue weighted by molar-refractivity contribution is -0.156. The summed E-state index contributed by atoms with van der Waals surface area (Å²) in [6.45, 7) is 5.04. The van der Waals surface area contributed by atoms with Gasteiger partial charge >= 0.3 is 5.97 Å². The molecule has 0 saturated carbocycles. The van der Waals surface area contributed by atoms with Gasteiger partial charge in [0, 0.05) is 0 Å². The minimum Gasteiger partial charge on any atom is -0.459 e. The third-order valence-corrected chi connectivity index (χ3v) is 2.15. The Balaban J connectivity index is 4.12. The van der Waals surface area contributed by atoms with Gasteiger partial charge in [-0.15, -0.1) is 0 Å². The van der Waals surface area contributed by atoms with Gasteiger partial charge in [-0.25, -0.2) is 0 Å². The molecule has 0 spiro atoms. The van der Waals surface area contributed by atoms with E-state index in [1.165, 1.54) is 0 Å². The van der Waals surface area contributed by atoms with E-state index in [0.29, 0.717) is 0 Å². The van der Waals surface area contributed by atoms with E-state index in [1.54, 1.807) is 20.8 Å². The summed E-state index contributed by atoms with van der Waals surface area (Å²) >= 11 is 0. The summed E-state index contributed by atoms with van der Waals surface area (Å²) in [6, 6.07) is -1.04. The van der Waals surface area contributed by atoms with Crippen LogP contribution >= 0.6 is 0 Å². The lowest BCUT2D eigenvalue weighted by atomic mass is 10.2. The Morgan fingerprint density at radius 2 is 1.93 bits per heavy atom. The Morgan fingerprint density at radius 1 is 1.47 bits per heavy atom. The third-order valence-electron chi connectivity index (χ3n) is 1.40.